The maximum Gasteiger partial charge on any atom is 0.165 e. The number of aryl methyl sites for hydroxylation is 1. The van der Waals surface area contributed by atoms with Crippen LogP contribution in [0, 0.1) is 12.7 Å². The van der Waals surface area contributed by atoms with E-state index >= 15 is 0 Å². The number of fused-ring (bicyclic) bond motifs is 1. The summed E-state index contributed by atoms with van der Waals surface area (Å²) in [6.45, 7) is 4.21. The molecule has 1 aromatic carbocycles. The van der Waals surface area contributed by atoms with Crippen molar-refractivity contribution < 1.29 is 9.13 Å². The Morgan fingerprint density at radius 3 is 2.90 bits per heavy atom. The number of rotatable bonds is 6. The van der Waals surface area contributed by atoms with E-state index in [1.54, 1.807) is 28.0 Å². The van der Waals surface area contributed by atoms with E-state index in [4.69, 9.17) is 9.72 Å². The second kappa shape index (κ2) is 7.88. The second-order valence-electron chi connectivity index (χ2n) is 7.12. The summed E-state index contributed by atoms with van der Waals surface area (Å²) >= 11 is 1.64. The van der Waals surface area contributed by atoms with E-state index in [0.717, 1.165) is 27.3 Å². The van der Waals surface area contributed by atoms with Crippen LogP contribution in [0.3, 0.4) is 0 Å². The van der Waals surface area contributed by atoms with E-state index < -0.39 is 5.82 Å². The number of aromatic nitrogens is 7. The molecule has 0 radical (unpaired) electrons. The van der Waals surface area contributed by atoms with Gasteiger partial charge in [0, 0.05) is 16.6 Å². The summed E-state index contributed by atoms with van der Waals surface area (Å²) in [4.78, 5) is 5.94. The topological polar surface area (TPSA) is 83.0 Å². The van der Waals surface area contributed by atoms with E-state index in [1.807, 2.05) is 37.6 Å². The lowest BCUT2D eigenvalue weighted by Crippen LogP contribution is -2.20. The molecular weight excluding hydrogens is 417 g/mol. The standard InChI is InChI=1S/C21H18FN7OS/c1-13(11-28-12-23-26-27-28)30-18-10-15(5-6-16(18)22)17-7-8-29-21(24-17)20(14(2)25-29)19-4-3-9-31-19/h3-10,12-13H,11H2,1-2H3/t13-/m0/s1. The first kappa shape index (κ1) is 19.3. The van der Waals surface area contributed by atoms with Crippen LogP contribution >= 0.6 is 11.3 Å². The van der Waals surface area contributed by atoms with E-state index in [-0.39, 0.29) is 11.9 Å². The number of hydrogen-bond acceptors (Lipinski definition) is 7. The predicted octanol–water partition coefficient (Wildman–Crippen LogP) is 4.03. The highest BCUT2D eigenvalue weighted by atomic mass is 32.1. The molecule has 0 spiro atoms. The van der Waals surface area contributed by atoms with Gasteiger partial charge in [-0.15, -0.1) is 16.4 Å². The van der Waals surface area contributed by atoms with Gasteiger partial charge in [0.05, 0.1) is 23.5 Å². The lowest BCUT2D eigenvalue weighted by atomic mass is 10.1. The van der Waals surface area contributed by atoms with Gasteiger partial charge in [0.2, 0.25) is 0 Å². The van der Waals surface area contributed by atoms with E-state index in [1.165, 1.54) is 17.1 Å². The molecule has 4 heterocycles. The highest BCUT2D eigenvalue weighted by Gasteiger charge is 2.16. The molecule has 4 aromatic heterocycles. The highest BCUT2D eigenvalue weighted by Crippen LogP contribution is 2.32. The molecule has 0 saturated heterocycles. The fraction of sp³-hybridized carbons (Fsp3) is 0.190. The molecule has 8 nitrogen and oxygen atoms in total. The molecule has 0 bridgehead atoms. The summed E-state index contributed by atoms with van der Waals surface area (Å²) in [6, 6.07) is 10.7. The zero-order chi connectivity index (χ0) is 21.4. The minimum atomic E-state index is -0.437. The van der Waals surface area contributed by atoms with Crippen molar-refractivity contribution in [2.75, 3.05) is 0 Å². The molecule has 0 N–H and O–H groups in total. The highest BCUT2D eigenvalue weighted by molar-refractivity contribution is 7.13. The van der Waals surface area contributed by atoms with Gasteiger partial charge in [0.25, 0.3) is 0 Å². The molecule has 1 atom stereocenters. The van der Waals surface area contributed by atoms with Crippen LogP contribution in [0.5, 0.6) is 5.75 Å². The Labute approximate surface area is 180 Å². The Balaban J connectivity index is 1.48. The normalized spacial score (nSPS) is 12.4. The third-order valence-corrected chi connectivity index (χ3v) is 5.71. The number of benzene rings is 1. The van der Waals surface area contributed by atoms with Crippen LogP contribution in [-0.4, -0.2) is 40.9 Å². The van der Waals surface area contributed by atoms with Crippen molar-refractivity contribution in [3.8, 4) is 27.4 Å². The Morgan fingerprint density at radius 1 is 1.23 bits per heavy atom. The maximum absolute atomic E-state index is 14.4. The summed E-state index contributed by atoms with van der Waals surface area (Å²) in [5, 5.41) is 17.6. The average Bonchev–Trinajstić information content (AvgIpc) is 3.50. The van der Waals surface area contributed by atoms with Crippen molar-refractivity contribution >= 4 is 17.0 Å². The van der Waals surface area contributed by atoms with Crippen LogP contribution in [0.2, 0.25) is 0 Å². The van der Waals surface area contributed by atoms with Crippen molar-refractivity contribution in [2.45, 2.75) is 26.5 Å². The summed E-state index contributed by atoms with van der Waals surface area (Å²) in [6.07, 6.45) is 3.03. The number of thiophene rings is 1. The van der Waals surface area contributed by atoms with Crippen molar-refractivity contribution in [1.82, 2.24) is 34.8 Å². The third kappa shape index (κ3) is 3.77. The van der Waals surface area contributed by atoms with Gasteiger partial charge < -0.3 is 4.74 Å². The zero-order valence-corrected chi connectivity index (χ0v) is 17.6. The fourth-order valence-electron chi connectivity index (χ4n) is 3.44. The van der Waals surface area contributed by atoms with Crippen LogP contribution in [0.25, 0.3) is 27.3 Å². The molecule has 156 valence electrons. The van der Waals surface area contributed by atoms with Crippen molar-refractivity contribution in [3.05, 3.63) is 65.8 Å². The largest absolute Gasteiger partial charge is 0.486 e. The minimum Gasteiger partial charge on any atom is -0.486 e. The second-order valence-corrected chi connectivity index (χ2v) is 8.07. The predicted molar refractivity (Wildman–Crippen MR) is 114 cm³/mol. The number of nitrogens with zero attached hydrogens (tertiary/aromatic N) is 7. The summed E-state index contributed by atoms with van der Waals surface area (Å²) < 4.78 is 23.5. The first-order valence-corrected chi connectivity index (χ1v) is 10.5. The van der Waals surface area contributed by atoms with E-state index in [9.17, 15) is 4.39 Å². The molecule has 0 fully saturated rings. The fourth-order valence-corrected chi connectivity index (χ4v) is 4.26. The molecule has 5 aromatic rings. The van der Waals surface area contributed by atoms with Gasteiger partial charge in [0.15, 0.2) is 17.2 Å². The quantitative estimate of drug-likeness (QED) is 0.401. The van der Waals surface area contributed by atoms with E-state index in [0.29, 0.717) is 12.2 Å². The smallest absolute Gasteiger partial charge is 0.165 e. The summed E-state index contributed by atoms with van der Waals surface area (Å²) in [5.41, 5.74) is 4.14. The third-order valence-electron chi connectivity index (χ3n) is 4.82. The molecule has 10 heteroatoms. The van der Waals surface area contributed by atoms with Gasteiger partial charge in [-0.3, -0.25) is 0 Å². The molecule has 0 amide bonds. The number of halogens is 1. The zero-order valence-electron chi connectivity index (χ0n) is 16.8. The molecule has 0 aliphatic carbocycles. The van der Waals surface area contributed by atoms with Gasteiger partial charge >= 0.3 is 0 Å². The first-order valence-electron chi connectivity index (χ1n) is 9.65. The van der Waals surface area contributed by atoms with Crippen molar-refractivity contribution in [2.24, 2.45) is 0 Å². The Hall–Kier alpha value is -3.66. The van der Waals surface area contributed by atoms with Gasteiger partial charge in [-0.1, -0.05) is 6.07 Å². The number of ether oxygens (including phenoxy) is 1. The molecule has 0 aliphatic heterocycles. The summed E-state index contributed by atoms with van der Waals surface area (Å²) in [5.74, 6) is -0.282. The average molecular weight is 435 g/mol. The summed E-state index contributed by atoms with van der Waals surface area (Å²) in [7, 11) is 0. The minimum absolute atomic E-state index is 0.155. The van der Waals surface area contributed by atoms with Crippen LogP contribution < -0.4 is 4.74 Å². The maximum atomic E-state index is 14.4. The van der Waals surface area contributed by atoms with Crippen LogP contribution in [0.15, 0.2) is 54.3 Å². The van der Waals surface area contributed by atoms with Gasteiger partial charge in [-0.2, -0.15) is 5.10 Å². The van der Waals surface area contributed by atoms with Crippen LogP contribution in [0.4, 0.5) is 4.39 Å². The molecule has 5 rings (SSSR count). The van der Waals surface area contributed by atoms with Gasteiger partial charge in [-0.25, -0.2) is 18.6 Å². The number of hydrogen-bond donors (Lipinski definition) is 0. The molecule has 0 aliphatic rings. The van der Waals surface area contributed by atoms with Gasteiger partial charge in [-0.05, 0) is 60.0 Å². The Morgan fingerprint density at radius 2 is 2.13 bits per heavy atom. The Kier molecular flexibility index (Phi) is 4.91. The lowest BCUT2D eigenvalue weighted by molar-refractivity contribution is 0.185. The molecule has 0 unspecified atom stereocenters. The lowest BCUT2D eigenvalue weighted by Gasteiger charge is -2.15. The van der Waals surface area contributed by atoms with Crippen molar-refractivity contribution in [1.29, 1.82) is 0 Å². The van der Waals surface area contributed by atoms with Gasteiger partial charge in [0.1, 0.15) is 12.4 Å². The molecular formula is C21H18FN7OS. The monoisotopic (exact) mass is 435 g/mol. The molecule has 0 saturated carbocycles. The van der Waals surface area contributed by atoms with E-state index in [2.05, 4.69) is 26.7 Å². The Bertz CT molecular complexity index is 1330. The first-order chi connectivity index (χ1) is 15.1. The SMILES string of the molecule is Cc1nn2ccc(-c3ccc(F)c(O[C@@H](C)Cn4cnnn4)c3)nc2c1-c1cccs1. The van der Waals surface area contributed by atoms with Crippen LogP contribution in [-0.2, 0) is 6.54 Å². The number of tetrazole rings is 1. The van der Waals surface area contributed by atoms with Crippen LogP contribution in [0.1, 0.15) is 12.6 Å². The molecule has 31 heavy (non-hydrogen) atoms. The van der Waals surface area contributed by atoms with Crippen molar-refractivity contribution in [3.63, 3.8) is 0 Å².